The highest BCUT2D eigenvalue weighted by Crippen LogP contribution is 2.40. The van der Waals surface area contributed by atoms with Crippen molar-refractivity contribution in [2.75, 3.05) is 0 Å². The monoisotopic (exact) mass is 220 g/mol. The molecule has 0 aliphatic heterocycles. The van der Waals surface area contributed by atoms with Gasteiger partial charge >= 0.3 is 0 Å². The molecule has 1 aliphatic rings. The molecule has 1 aromatic carbocycles. The molecule has 5 heteroatoms. The maximum atomic E-state index is 11.7. The Morgan fingerprint density at radius 1 is 1.00 bits per heavy atom. The minimum Gasteiger partial charge on any atom is -0.507 e. The number of aromatic hydroxyl groups is 3. The van der Waals surface area contributed by atoms with E-state index in [0.29, 0.717) is 0 Å². The Balaban J connectivity index is 2.87. The van der Waals surface area contributed by atoms with Crippen molar-refractivity contribution in [1.82, 2.24) is 0 Å². The summed E-state index contributed by atoms with van der Waals surface area (Å²) in [7, 11) is 0. The van der Waals surface area contributed by atoms with Crippen LogP contribution in [0.3, 0.4) is 0 Å². The van der Waals surface area contributed by atoms with Crippen molar-refractivity contribution in [2.24, 2.45) is 0 Å². The Bertz CT molecular complexity index is 554. The fraction of sp³-hybridized carbons (Fsp3) is 0.0909. The van der Waals surface area contributed by atoms with Crippen LogP contribution in [0.1, 0.15) is 27.6 Å². The van der Waals surface area contributed by atoms with Crippen LogP contribution < -0.4 is 0 Å². The van der Waals surface area contributed by atoms with Gasteiger partial charge in [-0.05, 0) is 13.0 Å². The fourth-order valence-corrected chi connectivity index (χ4v) is 1.65. The average molecular weight is 220 g/mol. The molecule has 2 rings (SSSR count). The van der Waals surface area contributed by atoms with Gasteiger partial charge in [-0.2, -0.15) is 0 Å². The Hall–Kier alpha value is -2.30. The van der Waals surface area contributed by atoms with Crippen molar-refractivity contribution in [3.05, 3.63) is 28.8 Å². The zero-order valence-corrected chi connectivity index (χ0v) is 8.31. The molecule has 0 heterocycles. The van der Waals surface area contributed by atoms with Gasteiger partial charge in [-0.1, -0.05) is 0 Å². The van der Waals surface area contributed by atoms with Crippen LogP contribution in [-0.4, -0.2) is 26.9 Å². The highest BCUT2D eigenvalue weighted by molar-refractivity contribution is 6.26. The van der Waals surface area contributed by atoms with E-state index < -0.39 is 28.8 Å². The van der Waals surface area contributed by atoms with Gasteiger partial charge in [-0.3, -0.25) is 9.59 Å². The number of phenolic OH excluding ortho intramolecular Hbond substituents is 3. The van der Waals surface area contributed by atoms with Crippen LogP contribution in [0, 0.1) is 0 Å². The van der Waals surface area contributed by atoms with Crippen molar-refractivity contribution < 1.29 is 24.9 Å². The predicted molar refractivity (Wildman–Crippen MR) is 53.9 cm³/mol. The standard InChI is InChI=1S/C11H8O5/c1-4-2-5(12)9-8(10(4)15)6(13)3-7(14)11(9)16/h2-3,13-14,16H,1H3. The summed E-state index contributed by atoms with van der Waals surface area (Å²) in [6.45, 7) is 1.44. The summed E-state index contributed by atoms with van der Waals surface area (Å²) in [6.07, 6.45) is 1.06. The van der Waals surface area contributed by atoms with Crippen molar-refractivity contribution in [1.29, 1.82) is 0 Å². The molecule has 0 spiro atoms. The topological polar surface area (TPSA) is 94.8 Å². The molecule has 1 aliphatic carbocycles. The van der Waals surface area contributed by atoms with Gasteiger partial charge in [0, 0.05) is 11.6 Å². The lowest BCUT2D eigenvalue weighted by Crippen LogP contribution is -2.15. The summed E-state index contributed by atoms with van der Waals surface area (Å²) in [5, 5.41) is 28.2. The molecule has 16 heavy (non-hydrogen) atoms. The minimum absolute atomic E-state index is 0.179. The van der Waals surface area contributed by atoms with E-state index in [1.165, 1.54) is 6.92 Å². The Morgan fingerprint density at radius 2 is 1.62 bits per heavy atom. The van der Waals surface area contributed by atoms with Gasteiger partial charge in [0.25, 0.3) is 0 Å². The number of hydrogen-bond donors (Lipinski definition) is 3. The first-order valence-electron chi connectivity index (χ1n) is 4.48. The van der Waals surface area contributed by atoms with E-state index in [2.05, 4.69) is 0 Å². The summed E-state index contributed by atoms with van der Waals surface area (Å²) >= 11 is 0. The molecule has 0 unspecified atom stereocenters. The molecule has 82 valence electrons. The molecule has 0 bridgehead atoms. The van der Waals surface area contributed by atoms with E-state index in [-0.39, 0.29) is 16.7 Å². The SMILES string of the molecule is CC1=CC(=O)c2c(O)c(O)cc(O)c2C1=O. The maximum Gasteiger partial charge on any atom is 0.193 e. The Morgan fingerprint density at radius 3 is 2.25 bits per heavy atom. The number of carbonyl (C=O) groups is 2. The molecule has 0 saturated heterocycles. The first-order valence-corrected chi connectivity index (χ1v) is 4.48. The minimum atomic E-state index is -0.685. The van der Waals surface area contributed by atoms with Crippen molar-refractivity contribution in [3.63, 3.8) is 0 Å². The lowest BCUT2D eigenvalue weighted by atomic mass is 9.88. The molecule has 0 radical (unpaired) electrons. The van der Waals surface area contributed by atoms with Gasteiger partial charge in [0.2, 0.25) is 0 Å². The van der Waals surface area contributed by atoms with E-state index in [0.717, 1.165) is 12.1 Å². The van der Waals surface area contributed by atoms with E-state index in [1.54, 1.807) is 0 Å². The third-order valence-electron chi connectivity index (χ3n) is 2.44. The van der Waals surface area contributed by atoms with Gasteiger partial charge in [0.1, 0.15) is 5.75 Å². The van der Waals surface area contributed by atoms with Crippen LogP contribution in [0.2, 0.25) is 0 Å². The fourth-order valence-electron chi connectivity index (χ4n) is 1.65. The number of benzene rings is 1. The highest BCUT2D eigenvalue weighted by atomic mass is 16.3. The number of ketones is 2. The number of carbonyl (C=O) groups excluding carboxylic acids is 2. The third kappa shape index (κ3) is 1.18. The van der Waals surface area contributed by atoms with Crippen LogP contribution in [0.25, 0.3) is 0 Å². The zero-order chi connectivity index (χ0) is 12.0. The largest absolute Gasteiger partial charge is 0.507 e. The lowest BCUT2D eigenvalue weighted by Gasteiger charge is -2.15. The van der Waals surface area contributed by atoms with Crippen molar-refractivity contribution >= 4 is 11.6 Å². The highest BCUT2D eigenvalue weighted by Gasteiger charge is 2.30. The summed E-state index contributed by atoms with van der Waals surface area (Å²) < 4.78 is 0. The average Bonchev–Trinajstić information content (AvgIpc) is 2.20. The Labute approximate surface area is 90.3 Å². The van der Waals surface area contributed by atoms with Crippen molar-refractivity contribution in [3.8, 4) is 17.2 Å². The third-order valence-corrected chi connectivity index (χ3v) is 2.44. The number of Topliss-reactive ketones (excluding diaryl/α,β-unsaturated/α-hetero) is 1. The van der Waals surface area contributed by atoms with E-state index in [4.69, 9.17) is 0 Å². The number of phenols is 3. The molecule has 1 aromatic rings. The number of allylic oxidation sites excluding steroid dienone is 2. The first kappa shape index (κ1) is 10.2. The molecular formula is C11H8O5. The summed E-state index contributed by atoms with van der Waals surface area (Å²) in [5.41, 5.74) is -0.439. The summed E-state index contributed by atoms with van der Waals surface area (Å²) in [4.78, 5) is 23.2. The normalized spacial score (nSPS) is 14.7. The molecule has 5 nitrogen and oxygen atoms in total. The van der Waals surface area contributed by atoms with Crippen LogP contribution in [0.5, 0.6) is 17.2 Å². The van der Waals surface area contributed by atoms with E-state index in [1.807, 2.05) is 0 Å². The number of hydrogen-bond acceptors (Lipinski definition) is 5. The first-order chi connectivity index (χ1) is 7.43. The molecule has 0 atom stereocenters. The zero-order valence-electron chi connectivity index (χ0n) is 8.31. The second-order valence-electron chi connectivity index (χ2n) is 3.53. The van der Waals surface area contributed by atoms with Crippen LogP contribution in [-0.2, 0) is 0 Å². The van der Waals surface area contributed by atoms with Crippen molar-refractivity contribution in [2.45, 2.75) is 6.92 Å². The second kappa shape index (κ2) is 3.10. The molecule has 0 fully saturated rings. The van der Waals surface area contributed by atoms with E-state index in [9.17, 15) is 24.9 Å². The molecule has 0 saturated carbocycles. The molecule has 0 aromatic heterocycles. The van der Waals surface area contributed by atoms with Gasteiger partial charge in [0.15, 0.2) is 23.1 Å². The predicted octanol–water partition coefficient (Wildman–Crippen LogP) is 1.13. The van der Waals surface area contributed by atoms with Gasteiger partial charge < -0.3 is 15.3 Å². The van der Waals surface area contributed by atoms with Gasteiger partial charge in [0.05, 0.1) is 11.1 Å². The lowest BCUT2D eigenvalue weighted by molar-refractivity contribution is 0.0979. The molecule has 3 N–H and O–H groups in total. The van der Waals surface area contributed by atoms with Gasteiger partial charge in [-0.25, -0.2) is 0 Å². The van der Waals surface area contributed by atoms with E-state index >= 15 is 0 Å². The molecular weight excluding hydrogens is 212 g/mol. The number of rotatable bonds is 0. The maximum absolute atomic E-state index is 11.7. The summed E-state index contributed by atoms with van der Waals surface area (Å²) in [6, 6.07) is 0.831. The quantitative estimate of drug-likeness (QED) is 0.450. The second-order valence-corrected chi connectivity index (χ2v) is 3.53. The van der Waals surface area contributed by atoms with Gasteiger partial charge in [-0.15, -0.1) is 0 Å². The molecule has 0 amide bonds. The van der Waals surface area contributed by atoms with Crippen LogP contribution >= 0.6 is 0 Å². The number of fused-ring (bicyclic) bond motifs is 1. The van der Waals surface area contributed by atoms with Crippen LogP contribution in [0.4, 0.5) is 0 Å². The smallest absolute Gasteiger partial charge is 0.193 e. The summed E-state index contributed by atoms with van der Waals surface area (Å²) in [5.74, 6) is -2.99. The Kier molecular flexibility index (Phi) is 1.98. The van der Waals surface area contributed by atoms with Crippen LogP contribution in [0.15, 0.2) is 17.7 Å².